The number of piperazine rings is 1. The number of nitrogens with zero attached hydrogens (tertiary/aromatic N) is 7. The van der Waals surface area contributed by atoms with Gasteiger partial charge in [-0.25, -0.2) is 9.37 Å². The van der Waals surface area contributed by atoms with E-state index in [2.05, 4.69) is 26.9 Å². The number of halogens is 5. The highest BCUT2D eigenvalue weighted by Gasteiger charge is 2.36. The van der Waals surface area contributed by atoms with Gasteiger partial charge in [0.25, 0.3) is 0 Å². The van der Waals surface area contributed by atoms with E-state index < -0.39 is 17.6 Å². The smallest absolute Gasteiger partial charge is 0.353 e. The van der Waals surface area contributed by atoms with Crippen LogP contribution in [0.25, 0.3) is 11.4 Å². The third-order valence-corrected chi connectivity index (χ3v) is 6.22. The average molecular weight is 524 g/mol. The summed E-state index contributed by atoms with van der Waals surface area (Å²) in [6, 6.07) is 6.59. The molecule has 36 heavy (non-hydrogen) atoms. The molecule has 0 N–H and O–H groups in total. The van der Waals surface area contributed by atoms with Crippen molar-refractivity contribution < 1.29 is 17.6 Å². The van der Waals surface area contributed by atoms with E-state index in [4.69, 9.17) is 11.6 Å². The second-order valence-electron chi connectivity index (χ2n) is 8.51. The van der Waals surface area contributed by atoms with Gasteiger partial charge < -0.3 is 14.7 Å². The number of hydrogen-bond donors (Lipinski definition) is 0. The van der Waals surface area contributed by atoms with Crippen LogP contribution < -0.4 is 14.7 Å². The zero-order valence-corrected chi connectivity index (χ0v) is 20.7. The molecular formula is C24H26ClF4N7. The topological polar surface area (TPSA) is 61.3 Å². The van der Waals surface area contributed by atoms with Gasteiger partial charge in [-0.1, -0.05) is 24.9 Å². The number of rotatable bonds is 7. The fraction of sp³-hybridized carbons (Fsp3) is 0.417. The molecule has 1 aliphatic heterocycles. The van der Waals surface area contributed by atoms with Gasteiger partial charge in [-0.05, 0) is 36.8 Å². The molecule has 0 atom stereocenters. The molecule has 0 radical (unpaired) electrons. The summed E-state index contributed by atoms with van der Waals surface area (Å²) in [7, 11) is 1.88. The molecule has 3 aromatic rings. The summed E-state index contributed by atoms with van der Waals surface area (Å²) in [6.45, 7) is 4.22. The maximum atomic E-state index is 13.7. The standard InChI is InChI=1S/C24H26ClF4N7/c1-3-4-10-34(2)22-31-20(16-7-8-19(26)18(25)15-16)32-23(33-22)36-13-11-35(12-14-36)21-17(24(27,28)29)6-5-9-30-21/h5-9,15H,3-4,10-14H2,1-2H3. The maximum Gasteiger partial charge on any atom is 0.419 e. The van der Waals surface area contributed by atoms with E-state index in [0.717, 1.165) is 25.5 Å². The van der Waals surface area contributed by atoms with E-state index in [0.29, 0.717) is 49.5 Å². The van der Waals surface area contributed by atoms with E-state index in [1.807, 2.05) is 16.8 Å². The summed E-state index contributed by atoms with van der Waals surface area (Å²) in [5.74, 6) is 0.568. The first-order chi connectivity index (χ1) is 17.2. The Morgan fingerprint density at radius 2 is 1.75 bits per heavy atom. The Morgan fingerprint density at radius 3 is 2.42 bits per heavy atom. The molecule has 0 saturated carbocycles. The SMILES string of the molecule is CCCCN(C)c1nc(-c2ccc(F)c(Cl)c2)nc(N2CCN(c3ncccc3C(F)(F)F)CC2)n1. The summed E-state index contributed by atoms with van der Waals surface area (Å²) >= 11 is 5.98. The van der Waals surface area contributed by atoms with Gasteiger partial charge in [0.2, 0.25) is 11.9 Å². The van der Waals surface area contributed by atoms with Gasteiger partial charge in [-0.2, -0.15) is 28.1 Å². The molecule has 0 aliphatic carbocycles. The predicted molar refractivity (Wildman–Crippen MR) is 132 cm³/mol. The zero-order chi connectivity index (χ0) is 25.9. The van der Waals surface area contributed by atoms with Crippen LogP contribution in [-0.4, -0.2) is 59.7 Å². The van der Waals surface area contributed by atoms with Gasteiger partial charge in [0, 0.05) is 51.5 Å². The predicted octanol–water partition coefficient (Wildman–Crippen LogP) is 5.31. The molecule has 3 heterocycles. The molecule has 2 aromatic heterocycles. The zero-order valence-electron chi connectivity index (χ0n) is 19.9. The number of aromatic nitrogens is 4. The Hall–Kier alpha value is -3.21. The van der Waals surface area contributed by atoms with Crippen LogP contribution in [-0.2, 0) is 6.18 Å². The first kappa shape index (κ1) is 25.9. The highest BCUT2D eigenvalue weighted by molar-refractivity contribution is 6.31. The summed E-state index contributed by atoms with van der Waals surface area (Å²) in [5, 5.41) is -0.0419. The number of alkyl halides is 3. The van der Waals surface area contributed by atoms with Gasteiger partial charge in [0.1, 0.15) is 11.6 Å². The highest BCUT2D eigenvalue weighted by atomic mass is 35.5. The Labute approximate surface area is 211 Å². The van der Waals surface area contributed by atoms with Crippen molar-refractivity contribution in [1.29, 1.82) is 0 Å². The van der Waals surface area contributed by atoms with E-state index in [1.54, 1.807) is 11.0 Å². The van der Waals surface area contributed by atoms with Crippen LogP contribution in [0.1, 0.15) is 25.3 Å². The maximum absolute atomic E-state index is 13.7. The number of anilines is 3. The average Bonchev–Trinajstić information content (AvgIpc) is 2.88. The van der Waals surface area contributed by atoms with Crippen molar-refractivity contribution in [2.75, 3.05) is 54.5 Å². The van der Waals surface area contributed by atoms with Gasteiger partial charge in [0.05, 0.1) is 10.6 Å². The van der Waals surface area contributed by atoms with Crippen molar-refractivity contribution in [1.82, 2.24) is 19.9 Å². The molecule has 1 aromatic carbocycles. The number of benzene rings is 1. The Bertz CT molecular complexity index is 1200. The monoisotopic (exact) mass is 523 g/mol. The van der Waals surface area contributed by atoms with Crippen molar-refractivity contribution in [3.05, 3.63) is 52.9 Å². The molecule has 0 bridgehead atoms. The largest absolute Gasteiger partial charge is 0.419 e. The van der Waals surface area contributed by atoms with Gasteiger partial charge in [-0.3, -0.25) is 0 Å². The molecule has 1 fully saturated rings. The lowest BCUT2D eigenvalue weighted by atomic mass is 10.2. The molecule has 4 rings (SSSR count). The second-order valence-corrected chi connectivity index (χ2v) is 8.92. The minimum Gasteiger partial charge on any atom is -0.353 e. The minimum absolute atomic E-state index is 0.0419. The fourth-order valence-electron chi connectivity index (χ4n) is 3.91. The summed E-state index contributed by atoms with van der Waals surface area (Å²) in [4.78, 5) is 23.3. The molecular weight excluding hydrogens is 498 g/mol. The molecule has 192 valence electrons. The van der Waals surface area contributed by atoms with Crippen molar-refractivity contribution in [3.63, 3.8) is 0 Å². The highest BCUT2D eigenvalue weighted by Crippen LogP contribution is 2.35. The fourth-order valence-corrected chi connectivity index (χ4v) is 4.09. The number of pyridine rings is 1. The first-order valence-corrected chi connectivity index (χ1v) is 12.0. The molecule has 0 unspecified atom stereocenters. The van der Waals surface area contributed by atoms with Crippen LogP contribution in [0, 0.1) is 5.82 Å². The van der Waals surface area contributed by atoms with Crippen molar-refractivity contribution in [2.45, 2.75) is 25.9 Å². The Kier molecular flexibility index (Phi) is 7.77. The molecule has 7 nitrogen and oxygen atoms in total. The lowest BCUT2D eigenvalue weighted by Gasteiger charge is -2.36. The normalized spacial score (nSPS) is 14.3. The Balaban J connectivity index is 1.61. The number of hydrogen-bond acceptors (Lipinski definition) is 7. The van der Waals surface area contributed by atoms with Gasteiger partial charge >= 0.3 is 6.18 Å². The van der Waals surface area contributed by atoms with Crippen LogP contribution in [0.2, 0.25) is 5.02 Å². The van der Waals surface area contributed by atoms with E-state index >= 15 is 0 Å². The van der Waals surface area contributed by atoms with Crippen LogP contribution in [0.4, 0.5) is 35.3 Å². The first-order valence-electron chi connectivity index (χ1n) is 11.6. The van der Waals surface area contributed by atoms with E-state index in [9.17, 15) is 17.6 Å². The van der Waals surface area contributed by atoms with Crippen molar-refractivity contribution in [3.8, 4) is 11.4 Å². The summed E-state index contributed by atoms with van der Waals surface area (Å²) < 4.78 is 54.1. The van der Waals surface area contributed by atoms with E-state index in [-0.39, 0.29) is 10.8 Å². The molecule has 1 aliphatic rings. The lowest BCUT2D eigenvalue weighted by molar-refractivity contribution is -0.137. The van der Waals surface area contributed by atoms with Gasteiger partial charge in [-0.15, -0.1) is 0 Å². The summed E-state index contributed by atoms with van der Waals surface area (Å²) in [5.41, 5.74) is -0.217. The van der Waals surface area contributed by atoms with Crippen LogP contribution >= 0.6 is 11.6 Å². The van der Waals surface area contributed by atoms with Crippen molar-refractivity contribution in [2.24, 2.45) is 0 Å². The quantitative estimate of drug-likeness (QED) is 0.389. The number of unbranched alkanes of at least 4 members (excludes halogenated alkanes) is 1. The van der Waals surface area contributed by atoms with Crippen molar-refractivity contribution >= 4 is 29.3 Å². The third kappa shape index (κ3) is 5.77. The molecule has 0 amide bonds. The van der Waals surface area contributed by atoms with Crippen LogP contribution in [0.15, 0.2) is 36.5 Å². The lowest BCUT2D eigenvalue weighted by Crippen LogP contribution is -2.48. The minimum atomic E-state index is -4.49. The van der Waals surface area contributed by atoms with Crippen LogP contribution in [0.3, 0.4) is 0 Å². The van der Waals surface area contributed by atoms with Gasteiger partial charge in [0.15, 0.2) is 5.82 Å². The van der Waals surface area contributed by atoms with Crippen LogP contribution in [0.5, 0.6) is 0 Å². The Morgan fingerprint density at radius 1 is 1.03 bits per heavy atom. The second kappa shape index (κ2) is 10.8. The van der Waals surface area contributed by atoms with E-state index in [1.165, 1.54) is 24.4 Å². The third-order valence-electron chi connectivity index (χ3n) is 5.93. The summed E-state index contributed by atoms with van der Waals surface area (Å²) in [6.07, 6.45) is -1.18. The molecule has 12 heteroatoms. The molecule has 1 saturated heterocycles. The molecule has 0 spiro atoms.